The van der Waals surface area contributed by atoms with E-state index in [1.165, 1.54) is 24.6 Å². The molecule has 0 unspecified atom stereocenters. The van der Waals surface area contributed by atoms with E-state index in [1.807, 2.05) is 0 Å². The lowest BCUT2D eigenvalue weighted by Crippen LogP contribution is -2.09. The zero-order valence-corrected chi connectivity index (χ0v) is 17.2. The monoisotopic (exact) mass is 466 g/mol. The summed E-state index contributed by atoms with van der Waals surface area (Å²) in [6.45, 7) is 0.0409. The van der Waals surface area contributed by atoms with E-state index in [1.54, 1.807) is 24.3 Å². The van der Waals surface area contributed by atoms with Crippen LogP contribution in [0, 0.1) is 0 Å². The summed E-state index contributed by atoms with van der Waals surface area (Å²) in [6, 6.07) is 6.78. The van der Waals surface area contributed by atoms with Crippen LogP contribution in [0.2, 0.25) is 9.49 Å². The van der Waals surface area contributed by atoms with E-state index >= 15 is 0 Å². The van der Waals surface area contributed by atoms with Gasteiger partial charge in [-0.05, 0) is 18.2 Å². The highest BCUT2D eigenvalue weighted by molar-refractivity contribution is 7.99. The molecule has 0 fully saturated rings. The summed E-state index contributed by atoms with van der Waals surface area (Å²) in [5.41, 5.74) is -1.24. The fourth-order valence-corrected chi connectivity index (χ4v) is 4.28. The molecule has 0 amide bonds. The van der Waals surface area contributed by atoms with Gasteiger partial charge in [0.15, 0.2) is 16.8 Å². The van der Waals surface area contributed by atoms with E-state index in [9.17, 15) is 13.2 Å². The van der Waals surface area contributed by atoms with Crippen LogP contribution in [0.25, 0.3) is 0 Å². The minimum Gasteiger partial charge on any atom is -0.390 e. The number of halogens is 5. The Morgan fingerprint density at radius 1 is 1.36 bits per heavy atom. The van der Waals surface area contributed by atoms with Crippen LogP contribution in [0.3, 0.4) is 0 Å². The Hall–Kier alpha value is -1.75. The number of alkyl halides is 3. The molecular weight excluding hydrogens is 456 g/mol. The molecule has 12 heteroatoms. The molecule has 3 aromatic rings. The zero-order chi connectivity index (χ0) is 20.3. The predicted octanol–water partition coefficient (Wildman–Crippen LogP) is 5.90. The summed E-state index contributed by atoms with van der Waals surface area (Å²) in [7, 11) is 1.43. The van der Waals surface area contributed by atoms with Gasteiger partial charge in [0, 0.05) is 23.2 Å². The third-order valence-corrected chi connectivity index (χ3v) is 5.79. The molecule has 0 saturated heterocycles. The lowest BCUT2D eigenvalue weighted by Gasteiger charge is -2.05. The van der Waals surface area contributed by atoms with Crippen molar-refractivity contribution in [3.05, 3.63) is 56.1 Å². The second-order valence-electron chi connectivity index (χ2n) is 5.34. The minimum absolute atomic E-state index is 0.0409. The van der Waals surface area contributed by atoms with Crippen LogP contribution >= 0.6 is 46.3 Å². The topological polar surface area (TPSA) is 52.3 Å². The maximum Gasteiger partial charge on any atom is 0.435 e. The maximum absolute atomic E-state index is 13.4. The second kappa shape index (κ2) is 8.73. The van der Waals surface area contributed by atoms with Crippen molar-refractivity contribution in [2.24, 2.45) is 12.2 Å². The summed E-state index contributed by atoms with van der Waals surface area (Å²) in [5, 5.41) is 8.01. The quantitative estimate of drug-likeness (QED) is 0.335. The van der Waals surface area contributed by atoms with E-state index in [0.29, 0.717) is 19.3 Å². The van der Waals surface area contributed by atoms with E-state index < -0.39 is 11.9 Å². The molecule has 0 radical (unpaired) electrons. The summed E-state index contributed by atoms with van der Waals surface area (Å²) in [6.07, 6.45) is -2.13. The molecule has 2 heterocycles. The first kappa shape index (κ1) is 21.0. The fraction of sp³-hybridized carbons (Fsp3) is 0.188. The number of oxime groups is 1. The molecule has 5 nitrogen and oxygen atoms in total. The van der Waals surface area contributed by atoms with Crippen LogP contribution in [0.1, 0.15) is 16.1 Å². The average molecular weight is 467 g/mol. The van der Waals surface area contributed by atoms with Crippen LogP contribution in [-0.4, -0.2) is 21.0 Å². The van der Waals surface area contributed by atoms with Crippen molar-refractivity contribution in [1.82, 2.24) is 14.8 Å². The van der Waals surface area contributed by atoms with Crippen molar-refractivity contribution in [2.75, 3.05) is 0 Å². The van der Waals surface area contributed by atoms with Gasteiger partial charge in [-0.2, -0.15) is 18.3 Å². The standard InChI is InChI=1S/C16H11Cl2F3N4OS2/c1-25-14(27-10-4-2-3-9(17)5-10)12(13(24-25)16(19,20)21)7-23-26-8-11-6-22-15(18)28-11/h2-7H,8H2,1H3/b23-7+. The molecule has 0 aliphatic rings. The molecule has 0 spiro atoms. The molecule has 0 aliphatic heterocycles. The number of aromatic nitrogens is 3. The number of hydrogen-bond donors (Lipinski definition) is 0. The lowest BCUT2D eigenvalue weighted by molar-refractivity contribution is -0.141. The van der Waals surface area contributed by atoms with Gasteiger partial charge in [-0.25, -0.2) is 4.98 Å². The van der Waals surface area contributed by atoms with Crippen LogP contribution in [-0.2, 0) is 24.7 Å². The normalized spacial score (nSPS) is 12.1. The number of benzene rings is 1. The van der Waals surface area contributed by atoms with Crippen LogP contribution in [0.5, 0.6) is 0 Å². The van der Waals surface area contributed by atoms with Gasteiger partial charge in [-0.15, -0.1) is 11.3 Å². The van der Waals surface area contributed by atoms with Gasteiger partial charge in [-0.1, -0.05) is 46.2 Å². The Balaban J connectivity index is 1.86. The minimum atomic E-state index is -4.64. The average Bonchev–Trinajstić information content (AvgIpc) is 3.16. The SMILES string of the molecule is Cn1nc(C(F)(F)F)c(/C=N/OCc2cnc(Cl)s2)c1Sc1cccc(Cl)c1. The third kappa shape index (κ3) is 5.19. The van der Waals surface area contributed by atoms with E-state index in [0.717, 1.165) is 22.7 Å². The largest absolute Gasteiger partial charge is 0.435 e. The van der Waals surface area contributed by atoms with Gasteiger partial charge in [0.25, 0.3) is 0 Å². The van der Waals surface area contributed by atoms with Gasteiger partial charge < -0.3 is 4.84 Å². The summed E-state index contributed by atoms with van der Waals surface area (Å²) >= 11 is 14.0. The van der Waals surface area contributed by atoms with Gasteiger partial charge >= 0.3 is 6.18 Å². The summed E-state index contributed by atoms with van der Waals surface area (Å²) in [4.78, 5) is 10.3. The van der Waals surface area contributed by atoms with Crippen molar-refractivity contribution in [3.63, 3.8) is 0 Å². The van der Waals surface area contributed by atoms with Gasteiger partial charge in [-0.3, -0.25) is 4.68 Å². The highest BCUT2D eigenvalue weighted by Crippen LogP contribution is 2.38. The van der Waals surface area contributed by atoms with Gasteiger partial charge in [0.05, 0.1) is 16.7 Å². The number of hydrogen-bond acceptors (Lipinski definition) is 6. The maximum atomic E-state index is 13.4. The Morgan fingerprint density at radius 2 is 2.14 bits per heavy atom. The molecular formula is C16H11Cl2F3N4OS2. The number of rotatable bonds is 6. The molecule has 0 bridgehead atoms. The van der Waals surface area contributed by atoms with Crippen molar-refractivity contribution in [3.8, 4) is 0 Å². The van der Waals surface area contributed by atoms with Crippen LogP contribution in [0.15, 0.2) is 45.5 Å². The third-order valence-electron chi connectivity index (χ3n) is 3.30. The lowest BCUT2D eigenvalue weighted by atomic mass is 10.2. The van der Waals surface area contributed by atoms with Crippen LogP contribution < -0.4 is 0 Å². The highest BCUT2D eigenvalue weighted by atomic mass is 35.5. The van der Waals surface area contributed by atoms with Gasteiger partial charge in [0.2, 0.25) is 0 Å². The fourth-order valence-electron chi connectivity index (χ4n) is 2.16. The van der Waals surface area contributed by atoms with Crippen molar-refractivity contribution in [2.45, 2.75) is 22.7 Å². The summed E-state index contributed by atoms with van der Waals surface area (Å²) < 4.78 is 41.7. The predicted molar refractivity (Wildman–Crippen MR) is 103 cm³/mol. The Labute approximate surface area is 176 Å². The molecule has 3 rings (SSSR count). The molecule has 28 heavy (non-hydrogen) atoms. The molecule has 1 aromatic carbocycles. The first-order valence-electron chi connectivity index (χ1n) is 7.57. The molecule has 2 aromatic heterocycles. The number of nitrogens with zero attached hydrogens (tertiary/aromatic N) is 4. The molecule has 0 aliphatic carbocycles. The molecule has 0 saturated carbocycles. The Kier molecular flexibility index (Phi) is 6.54. The highest BCUT2D eigenvalue weighted by Gasteiger charge is 2.38. The number of thiazole rings is 1. The zero-order valence-electron chi connectivity index (χ0n) is 14.1. The smallest absolute Gasteiger partial charge is 0.390 e. The molecule has 148 valence electrons. The van der Waals surface area contributed by atoms with E-state index in [2.05, 4.69) is 15.2 Å². The van der Waals surface area contributed by atoms with Crippen molar-refractivity contribution >= 4 is 52.5 Å². The summed E-state index contributed by atoms with van der Waals surface area (Å²) in [5.74, 6) is 0. The van der Waals surface area contributed by atoms with Crippen LogP contribution in [0.4, 0.5) is 13.2 Å². The first-order chi connectivity index (χ1) is 13.2. The van der Waals surface area contributed by atoms with Crippen molar-refractivity contribution < 1.29 is 18.0 Å². The van der Waals surface area contributed by atoms with E-state index in [4.69, 9.17) is 28.0 Å². The van der Waals surface area contributed by atoms with E-state index in [-0.39, 0.29) is 17.2 Å². The Morgan fingerprint density at radius 3 is 2.79 bits per heavy atom. The second-order valence-corrected chi connectivity index (χ2v) is 8.53. The number of aryl methyl sites for hydroxylation is 1. The Bertz CT molecular complexity index is 1000. The molecule has 0 N–H and O–H groups in total. The van der Waals surface area contributed by atoms with Gasteiger partial charge in [0.1, 0.15) is 5.03 Å². The molecule has 0 atom stereocenters. The first-order valence-corrected chi connectivity index (χ1v) is 9.96. The van der Waals surface area contributed by atoms with Crippen molar-refractivity contribution in [1.29, 1.82) is 0 Å².